The van der Waals surface area contributed by atoms with E-state index in [0.29, 0.717) is 12.5 Å². The first kappa shape index (κ1) is 11.7. The molecule has 1 unspecified atom stereocenters. The van der Waals surface area contributed by atoms with Gasteiger partial charge in [0.1, 0.15) is 0 Å². The predicted octanol–water partition coefficient (Wildman–Crippen LogP) is 1.81. The molecule has 1 amide bonds. The molecule has 2 N–H and O–H groups in total. The van der Waals surface area contributed by atoms with E-state index < -0.39 is 0 Å². The monoisotopic (exact) mass is 244 g/mol. The Balaban J connectivity index is 1.94. The van der Waals surface area contributed by atoms with Crippen molar-refractivity contribution in [3.63, 3.8) is 0 Å². The Morgan fingerprint density at radius 3 is 2.78 bits per heavy atom. The summed E-state index contributed by atoms with van der Waals surface area (Å²) in [5.41, 5.74) is 7.86. The minimum Gasteiger partial charge on any atom is -0.331 e. The molecule has 0 aromatic heterocycles. The molecule has 0 spiro atoms. The minimum atomic E-state index is -0.148. The fraction of sp³-hybridized carbons (Fsp3) is 0.533. The van der Waals surface area contributed by atoms with E-state index in [1.165, 1.54) is 18.4 Å². The van der Waals surface area contributed by atoms with Crippen LogP contribution in [0.25, 0.3) is 0 Å². The molecule has 1 saturated carbocycles. The van der Waals surface area contributed by atoms with Crippen molar-refractivity contribution in [2.45, 2.75) is 31.7 Å². The van der Waals surface area contributed by atoms with Crippen LogP contribution < -0.4 is 5.73 Å². The van der Waals surface area contributed by atoms with Crippen molar-refractivity contribution in [2.75, 3.05) is 13.1 Å². The van der Waals surface area contributed by atoms with Gasteiger partial charge in [-0.05, 0) is 43.7 Å². The lowest BCUT2D eigenvalue weighted by molar-refractivity contribution is 0.0447. The topological polar surface area (TPSA) is 46.3 Å². The van der Waals surface area contributed by atoms with Crippen LogP contribution in [0.5, 0.6) is 0 Å². The molecular weight excluding hydrogens is 224 g/mol. The number of rotatable bonds is 3. The van der Waals surface area contributed by atoms with Gasteiger partial charge in [-0.15, -0.1) is 0 Å². The summed E-state index contributed by atoms with van der Waals surface area (Å²) in [6.07, 6.45) is 3.36. The maximum atomic E-state index is 12.6. The molecular formula is C15H20N2O. The third kappa shape index (κ3) is 1.65. The number of benzene rings is 1. The van der Waals surface area contributed by atoms with Crippen LogP contribution in [0.4, 0.5) is 0 Å². The lowest BCUT2D eigenvalue weighted by atomic mass is 9.88. The summed E-state index contributed by atoms with van der Waals surface area (Å²) in [5.74, 6) is 0.758. The first-order valence-electron chi connectivity index (χ1n) is 6.77. The van der Waals surface area contributed by atoms with E-state index in [2.05, 4.69) is 13.0 Å². The second-order valence-corrected chi connectivity index (χ2v) is 5.70. The van der Waals surface area contributed by atoms with Gasteiger partial charge in [0.05, 0.1) is 5.54 Å². The van der Waals surface area contributed by atoms with Crippen molar-refractivity contribution in [2.24, 2.45) is 11.7 Å². The van der Waals surface area contributed by atoms with Gasteiger partial charge in [-0.1, -0.05) is 18.2 Å². The smallest absolute Gasteiger partial charge is 0.254 e. The summed E-state index contributed by atoms with van der Waals surface area (Å²) in [6, 6.07) is 7.94. The average molecular weight is 244 g/mol. The van der Waals surface area contributed by atoms with Crippen LogP contribution in [0.2, 0.25) is 0 Å². The molecule has 1 aromatic rings. The zero-order valence-electron chi connectivity index (χ0n) is 10.9. The SMILES string of the molecule is CC(CN)(C1CC1)N1CCc2ccccc2C1=O. The van der Waals surface area contributed by atoms with Crippen LogP contribution in [-0.4, -0.2) is 29.4 Å². The molecule has 3 rings (SSSR count). The van der Waals surface area contributed by atoms with Crippen molar-refractivity contribution >= 4 is 5.91 Å². The summed E-state index contributed by atoms with van der Waals surface area (Å²) in [7, 11) is 0. The lowest BCUT2D eigenvalue weighted by Crippen LogP contribution is -2.58. The lowest BCUT2D eigenvalue weighted by Gasteiger charge is -2.43. The summed E-state index contributed by atoms with van der Waals surface area (Å²) in [5, 5.41) is 0. The Bertz CT molecular complexity index is 481. The highest BCUT2D eigenvalue weighted by Crippen LogP contribution is 2.43. The number of hydrogen-bond donors (Lipinski definition) is 1. The van der Waals surface area contributed by atoms with E-state index in [0.717, 1.165) is 18.5 Å². The molecule has 1 aliphatic carbocycles. The highest BCUT2D eigenvalue weighted by molar-refractivity contribution is 5.97. The minimum absolute atomic E-state index is 0.148. The molecule has 1 atom stereocenters. The van der Waals surface area contributed by atoms with Crippen LogP contribution >= 0.6 is 0 Å². The predicted molar refractivity (Wildman–Crippen MR) is 71.4 cm³/mol. The van der Waals surface area contributed by atoms with Crippen LogP contribution in [0, 0.1) is 5.92 Å². The molecule has 1 aliphatic heterocycles. The van der Waals surface area contributed by atoms with E-state index in [1.54, 1.807) is 0 Å². The van der Waals surface area contributed by atoms with Gasteiger partial charge in [0.15, 0.2) is 0 Å². The zero-order chi connectivity index (χ0) is 12.8. The molecule has 1 fully saturated rings. The molecule has 3 heteroatoms. The van der Waals surface area contributed by atoms with Crippen molar-refractivity contribution in [1.29, 1.82) is 0 Å². The highest BCUT2D eigenvalue weighted by Gasteiger charge is 2.47. The van der Waals surface area contributed by atoms with Crippen molar-refractivity contribution in [1.82, 2.24) is 4.90 Å². The summed E-state index contributed by atoms with van der Waals surface area (Å²) in [4.78, 5) is 14.6. The van der Waals surface area contributed by atoms with Gasteiger partial charge in [-0.3, -0.25) is 4.79 Å². The van der Waals surface area contributed by atoms with Gasteiger partial charge >= 0.3 is 0 Å². The number of nitrogens with zero attached hydrogens (tertiary/aromatic N) is 1. The molecule has 2 aliphatic rings. The molecule has 0 bridgehead atoms. The number of hydrogen-bond acceptors (Lipinski definition) is 2. The number of amides is 1. The van der Waals surface area contributed by atoms with Crippen molar-refractivity contribution in [3.05, 3.63) is 35.4 Å². The molecule has 0 radical (unpaired) electrons. The van der Waals surface area contributed by atoms with E-state index in [4.69, 9.17) is 5.73 Å². The van der Waals surface area contributed by atoms with Crippen molar-refractivity contribution in [3.8, 4) is 0 Å². The van der Waals surface area contributed by atoms with E-state index in [9.17, 15) is 4.79 Å². The van der Waals surface area contributed by atoms with E-state index >= 15 is 0 Å². The Labute approximate surface area is 108 Å². The Kier molecular flexibility index (Phi) is 2.67. The molecule has 96 valence electrons. The standard InChI is InChI=1S/C15H20N2O/c1-15(10-16,12-6-7-12)17-9-8-11-4-2-3-5-13(11)14(17)18/h2-5,12H,6-10,16H2,1H3. The number of fused-ring (bicyclic) bond motifs is 1. The third-order valence-corrected chi connectivity index (χ3v) is 4.58. The van der Waals surface area contributed by atoms with E-state index in [-0.39, 0.29) is 11.4 Å². The number of carbonyl (C=O) groups is 1. The Morgan fingerprint density at radius 1 is 1.39 bits per heavy atom. The van der Waals surface area contributed by atoms with Gasteiger partial charge in [0, 0.05) is 18.7 Å². The van der Waals surface area contributed by atoms with Crippen LogP contribution in [-0.2, 0) is 6.42 Å². The molecule has 0 saturated heterocycles. The largest absolute Gasteiger partial charge is 0.331 e. The Hall–Kier alpha value is -1.35. The highest BCUT2D eigenvalue weighted by atomic mass is 16.2. The van der Waals surface area contributed by atoms with Crippen LogP contribution in [0.3, 0.4) is 0 Å². The quantitative estimate of drug-likeness (QED) is 0.881. The fourth-order valence-corrected chi connectivity index (χ4v) is 3.12. The van der Waals surface area contributed by atoms with Gasteiger partial charge < -0.3 is 10.6 Å². The van der Waals surface area contributed by atoms with Crippen LogP contribution in [0.15, 0.2) is 24.3 Å². The fourth-order valence-electron chi connectivity index (χ4n) is 3.12. The second kappa shape index (κ2) is 4.09. The summed E-state index contributed by atoms with van der Waals surface area (Å²) >= 11 is 0. The second-order valence-electron chi connectivity index (χ2n) is 5.70. The zero-order valence-corrected chi connectivity index (χ0v) is 10.9. The normalized spacial score (nSPS) is 22.6. The summed E-state index contributed by atoms with van der Waals surface area (Å²) < 4.78 is 0. The van der Waals surface area contributed by atoms with Gasteiger partial charge in [-0.25, -0.2) is 0 Å². The Morgan fingerprint density at radius 2 is 2.11 bits per heavy atom. The third-order valence-electron chi connectivity index (χ3n) is 4.58. The number of carbonyl (C=O) groups excluding carboxylic acids is 1. The maximum Gasteiger partial charge on any atom is 0.254 e. The molecule has 3 nitrogen and oxygen atoms in total. The summed E-state index contributed by atoms with van der Waals surface area (Å²) in [6.45, 7) is 3.52. The maximum absolute atomic E-state index is 12.6. The van der Waals surface area contributed by atoms with Crippen molar-refractivity contribution < 1.29 is 4.79 Å². The van der Waals surface area contributed by atoms with Gasteiger partial charge in [0.2, 0.25) is 0 Å². The number of nitrogens with two attached hydrogens (primary N) is 1. The van der Waals surface area contributed by atoms with Crippen LogP contribution in [0.1, 0.15) is 35.7 Å². The van der Waals surface area contributed by atoms with Gasteiger partial charge in [0.25, 0.3) is 5.91 Å². The molecule has 1 aromatic carbocycles. The molecule has 1 heterocycles. The van der Waals surface area contributed by atoms with Gasteiger partial charge in [-0.2, -0.15) is 0 Å². The first-order chi connectivity index (χ1) is 8.66. The van der Waals surface area contributed by atoms with E-state index in [1.807, 2.05) is 23.1 Å². The first-order valence-corrected chi connectivity index (χ1v) is 6.77. The average Bonchev–Trinajstić information content (AvgIpc) is 3.23. The molecule has 18 heavy (non-hydrogen) atoms.